The van der Waals surface area contributed by atoms with Gasteiger partial charge in [0.15, 0.2) is 18.1 Å². The summed E-state index contributed by atoms with van der Waals surface area (Å²) in [5.74, 6) is 0.973. The smallest absolute Gasteiger partial charge is 0.407 e. The maximum atomic E-state index is 14.8. The van der Waals surface area contributed by atoms with E-state index < -0.39 is 24.5 Å². The summed E-state index contributed by atoms with van der Waals surface area (Å²) in [6.07, 6.45) is -0.589. The molecule has 4 heterocycles. The predicted molar refractivity (Wildman–Crippen MR) is 102 cm³/mol. The van der Waals surface area contributed by atoms with Crippen molar-refractivity contribution in [3.63, 3.8) is 0 Å². The molecule has 3 N–H and O–H groups in total. The van der Waals surface area contributed by atoms with Crippen molar-refractivity contribution in [2.24, 2.45) is 0 Å². The highest BCUT2D eigenvalue weighted by Crippen LogP contribution is 2.33. The van der Waals surface area contributed by atoms with Gasteiger partial charge in [-0.3, -0.25) is 9.50 Å². The molecule has 0 aromatic carbocycles. The molecule has 4 rings (SSSR count). The molecule has 0 unspecified atom stereocenters. The fourth-order valence-electron chi connectivity index (χ4n) is 3.14. The lowest BCUT2D eigenvalue weighted by Gasteiger charge is -2.16. The third kappa shape index (κ3) is 3.99. The minimum absolute atomic E-state index is 0.0334. The van der Waals surface area contributed by atoms with Gasteiger partial charge in [-0.1, -0.05) is 0 Å². The van der Waals surface area contributed by atoms with Crippen molar-refractivity contribution >= 4 is 23.5 Å². The van der Waals surface area contributed by atoms with Crippen molar-refractivity contribution in [1.29, 1.82) is 0 Å². The van der Waals surface area contributed by atoms with Gasteiger partial charge in [0.25, 0.3) is 0 Å². The number of alkyl halides is 1. The van der Waals surface area contributed by atoms with E-state index in [2.05, 4.69) is 30.8 Å². The first-order valence-electron chi connectivity index (χ1n) is 9.26. The molecule has 1 aliphatic heterocycles. The van der Waals surface area contributed by atoms with Gasteiger partial charge < -0.3 is 20.1 Å². The minimum Gasteiger partial charge on any atom is -0.441 e. The Hall–Kier alpha value is -3.21. The lowest BCUT2D eigenvalue weighted by molar-refractivity contribution is 0.0615. The zero-order chi connectivity index (χ0) is 20.5. The van der Waals surface area contributed by atoms with Crippen molar-refractivity contribution < 1.29 is 18.7 Å². The van der Waals surface area contributed by atoms with Crippen molar-refractivity contribution in [2.45, 2.75) is 45.2 Å². The number of aromatic amines is 1. The summed E-state index contributed by atoms with van der Waals surface area (Å²) >= 11 is 0. The number of hydrogen-bond acceptors (Lipinski definition) is 7. The van der Waals surface area contributed by atoms with Crippen LogP contribution in [0.15, 0.2) is 24.5 Å². The number of nitrogens with zero attached hydrogens (tertiary/aromatic N) is 4. The number of halogens is 1. The van der Waals surface area contributed by atoms with E-state index in [0.29, 0.717) is 17.5 Å². The molecule has 0 bridgehead atoms. The zero-order valence-corrected chi connectivity index (χ0v) is 16.2. The van der Waals surface area contributed by atoms with Crippen LogP contribution in [0, 0.1) is 6.92 Å². The van der Waals surface area contributed by atoms with Crippen LogP contribution < -0.4 is 10.6 Å². The van der Waals surface area contributed by atoms with Crippen LogP contribution in [0.4, 0.5) is 21.0 Å². The average Bonchev–Trinajstić information content (AvgIpc) is 3.34. The van der Waals surface area contributed by atoms with E-state index in [1.54, 1.807) is 36.6 Å². The standard InChI is InChI=1S/C18H22FN7O3/c1-9(2)21-18(27)29-12-8-28-16(15(12)19)11-6-13(25-24-11)23-17-20-5-4-14-22-10(3)7-26(14)17/h4-7,9,12,15-16H,8H2,1-3H3,(H,21,27)(H2,20,23,24,25)/t12-,15+,16-/m0/s1. The van der Waals surface area contributed by atoms with Gasteiger partial charge in [-0.15, -0.1) is 0 Å². The summed E-state index contributed by atoms with van der Waals surface area (Å²) in [6.45, 7) is 5.44. The van der Waals surface area contributed by atoms with Gasteiger partial charge in [-0.05, 0) is 26.8 Å². The minimum atomic E-state index is -1.51. The summed E-state index contributed by atoms with van der Waals surface area (Å²) in [4.78, 5) is 20.4. The highest BCUT2D eigenvalue weighted by atomic mass is 19.1. The second kappa shape index (κ2) is 7.66. The first kappa shape index (κ1) is 19.1. The van der Waals surface area contributed by atoms with Crippen LogP contribution in [0.2, 0.25) is 0 Å². The van der Waals surface area contributed by atoms with E-state index in [1.807, 2.05) is 13.1 Å². The Kier molecular flexibility index (Phi) is 5.05. The van der Waals surface area contributed by atoms with Crippen molar-refractivity contribution in [2.75, 3.05) is 11.9 Å². The van der Waals surface area contributed by atoms with Gasteiger partial charge in [0.1, 0.15) is 11.8 Å². The van der Waals surface area contributed by atoms with Crippen LogP contribution >= 0.6 is 0 Å². The molecule has 154 valence electrons. The first-order valence-corrected chi connectivity index (χ1v) is 9.26. The molecule has 11 heteroatoms. The van der Waals surface area contributed by atoms with Gasteiger partial charge in [0.2, 0.25) is 5.95 Å². The second-order valence-electron chi connectivity index (χ2n) is 7.15. The van der Waals surface area contributed by atoms with Crippen LogP contribution in [0.3, 0.4) is 0 Å². The molecule has 3 aromatic heterocycles. The lowest BCUT2D eigenvalue weighted by atomic mass is 10.1. The van der Waals surface area contributed by atoms with Crippen LogP contribution in [0.25, 0.3) is 5.65 Å². The molecule has 1 amide bonds. The number of hydrogen-bond donors (Lipinski definition) is 3. The Balaban J connectivity index is 1.44. The van der Waals surface area contributed by atoms with Gasteiger partial charge in [-0.2, -0.15) is 5.10 Å². The normalized spacial score (nSPS) is 21.6. The second-order valence-corrected chi connectivity index (χ2v) is 7.15. The maximum Gasteiger partial charge on any atom is 0.407 e. The number of rotatable bonds is 5. The van der Waals surface area contributed by atoms with E-state index in [1.165, 1.54) is 0 Å². The topological polar surface area (TPSA) is 118 Å². The van der Waals surface area contributed by atoms with Crippen molar-refractivity contribution in [3.05, 3.63) is 35.9 Å². The number of nitrogens with one attached hydrogen (secondary N) is 3. The third-order valence-corrected chi connectivity index (χ3v) is 4.40. The van der Waals surface area contributed by atoms with E-state index in [9.17, 15) is 9.18 Å². The zero-order valence-electron chi connectivity index (χ0n) is 16.2. The highest BCUT2D eigenvalue weighted by molar-refractivity contribution is 5.67. The number of H-pyrrole nitrogens is 1. The number of aromatic nitrogens is 5. The molecule has 3 aromatic rings. The number of anilines is 2. The maximum absolute atomic E-state index is 14.8. The van der Waals surface area contributed by atoms with E-state index in [0.717, 1.165) is 11.3 Å². The Morgan fingerprint density at radius 3 is 3.10 bits per heavy atom. The monoisotopic (exact) mass is 403 g/mol. The molecule has 0 saturated carbocycles. The molecule has 1 fully saturated rings. The van der Waals surface area contributed by atoms with Crippen LogP contribution in [0.5, 0.6) is 0 Å². The summed E-state index contributed by atoms with van der Waals surface area (Å²) in [7, 11) is 0. The molecule has 1 aliphatic rings. The molecule has 10 nitrogen and oxygen atoms in total. The number of ether oxygens (including phenoxy) is 2. The quantitative estimate of drug-likeness (QED) is 0.599. The van der Waals surface area contributed by atoms with Gasteiger partial charge in [0.05, 0.1) is 18.0 Å². The van der Waals surface area contributed by atoms with Gasteiger partial charge >= 0.3 is 6.09 Å². The third-order valence-electron chi connectivity index (χ3n) is 4.40. The van der Waals surface area contributed by atoms with Crippen molar-refractivity contribution in [1.82, 2.24) is 29.9 Å². The molecule has 3 atom stereocenters. The Morgan fingerprint density at radius 1 is 1.48 bits per heavy atom. The Labute approximate surface area is 165 Å². The molecular formula is C18H22FN7O3. The predicted octanol–water partition coefficient (Wildman–Crippen LogP) is 2.42. The number of imidazole rings is 1. The fourth-order valence-corrected chi connectivity index (χ4v) is 3.14. The largest absolute Gasteiger partial charge is 0.441 e. The van der Waals surface area contributed by atoms with E-state index in [4.69, 9.17) is 9.47 Å². The number of alkyl carbamates (subject to hydrolysis) is 1. The van der Waals surface area contributed by atoms with Crippen molar-refractivity contribution in [3.8, 4) is 0 Å². The first-order chi connectivity index (χ1) is 13.9. The van der Waals surface area contributed by atoms with Gasteiger partial charge in [-0.25, -0.2) is 19.2 Å². The lowest BCUT2D eigenvalue weighted by Crippen LogP contribution is -2.36. The average molecular weight is 403 g/mol. The molecule has 1 saturated heterocycles. The Morgan fingerprint density at radius 2 is 2.31 bits per heavy atom. The molecule has 29 heavy (non-hydrogen) atoms. The highest BCUT2D eigenvalue weighted by Gasteiger charge is 2.42. The number of amides is 1. The SMILES string of the molecule is Cc1cn2c(Nc3cc([C@@H]4OC[C@H](OC(=O)NC(C)C)[C@H]4F)[nH]n3)nccc2n1. The summed E-state index contributed by atoms with van der Waals surface area (Å²) in [5.41, 5.74) is 2.04. The van der Waals surface area contributed by atoms with Crippen LogP contribution in [-0.4, -0.2) is 55.6 Å². The van der Waals surface area contributed by atoms with E-state index >= 15 is 0 Å². The summed E-state index contributed by atoms with van der Waals surface area (Å²) in [5, 5.41) is 12.6. The molecular weight excluding hydrogens is 381 g/mol. The van der Waals surface area contributed by atoms with Gasteiger partial charge in [0, 0.05) is 24.5 Å². The van der Waals surface area contributed by atoms with Crippen LogP contribution in [0.1, 0.15) is 31.3 Å². The van der Waals surface area contributed by atoms with Crippen LogP contribution in [-0.2, 0) is 9.47 Å². The number of fused-ring (bicyclic) bond motifs is 1. The number of carbonyl (C=O) groups excluding carboxylic acids is 1. The fraction of sp³-hybridized carbons (Fsp3) is 0.444. The molecule has 0 radical (unpaired) electrons. The number of carbonyl (C=O) groups is 1. The number of aryl methyl sites for hydroxylation is 1. The summed E-state index contributed by atoms with van der Waals surface area (Å²) in [6, 6.07) is 3.33. The van der Waals surface area contributed by atoms with E-state index in [-0.39, 0.29) is 12.6 Å². The molecule has 0 aliphatic carbocycles. The summed E-state index contributed by atoms with van der Waals surface area (Å²) < 4.78 is 27.2. The molecule has 0 spiro atoms. The Bertz CT molecular complexity index is 1020.